The number of carbonyl (C=O) groups excluding carboxylic acids is 3. The Morgan fingerprint density at radius 3 is 2.56 bits per heavy atom. The van der Waals surface area contributed by atoms with E-state index in [-0.39, 0.29) is 18.6 Å². The minimum atomic E-state index is -0.503. The lowest BCUT2D eigenvalue weighted by atomic mass is 9.89. The van der Waals surface area contributed by atoms with Crippen LogP contribution >= 0.6 is 12.2 Å². The first-order valence-electron chi connectivity index (χ1n) is 12.5. The first-order valence-corrected chi connectivity index (χ1v) is 12.9. The van der Waals surface area contributed by atoms with Crippen molar-refractivity contribution in [1.82, 2.24) is 10.2 Å². The lowest BCUT2D eigenvalue weighted by Gasteiger charge is -2.36. The SMILES string of the molecule is CC(=O)OCC(=O)N1CCN(c2ccc(N3CC(CNC(=S)C4CCCCC4)OC3=O)cc2F)CC1. The molecular formula is C25H33FN4O5S. The molecule has 2 saturated heterocycles. The van der Waals surface area contributed by atoms with Gasteiger partial charge in [-0.15, -0.1) is 0 Å². The van der Waals surface area contributed by atoms with E-state index >= 15 is 4.39 Å². The summed E-state index contributed by atoms with van der Waals surface area (Å²) in [7, 11) is 0. The first kappa shape index (κ1) is 26.1. The molecule has 0 bridgehead atoms. The molecule has 0 radical (unpaired) electrons. The number of piperazine rings is 1. The Morgan fingerprint density at radius 1 is 1.17 bits per heavy atom. The third kappa shape index (κ3) is 6.43. The lowest BCUT2D eigenvalue weighted by molar-refractivity contribution is -0.150. The highest BCUT2D eigenvalue weighted by Crippen LogP contribution is 2.29. The number of amides is 2. The predicted molar refractivity (Wildman–Crippen MR) is 137 cm³/mol. The molecule has 3 aliphatic rings. The molecule has 36 heavy (non-hydrogen) atoms. The molecule has 2 heterocycles. The van der Waals surface area contributed by atoms with Gasteiger partial charge >= 0.3 is 12.1 Å². The van der Waals surface area contributed by atoms with Crippen LogP contribution in [-0.2, 0) is 19.1 Å². The molecule has 1 aliphatic carbocycles. The number of anilines is 2. The van der Waals surface area contributed by atoms with Crippen LogP contribution in [0.2, 0.25) is 0 Å². The maximum atomic E-state index is 15.0. The van der Waals surface area contributed by atoms with E-state index in [4.69, 9.17) is 21.7 Å². The molecule has 1 saturated carbocycles. The summed E-state index contributed by atoms with van der Waals surface area (Å²) >= 11 is 5.54. The molecular weight excluding hydrogens is 487 g/mol. The predicted octanol–water partition coefficient (Wildman–Crippen LogP) is 2.86. The van der Waals surface area contributed by atoms with Gasteiger partial charge in [-0.25, -0.2) is 9.18 Å². The van der Waals surface area contributed by atoms with Crippen LogP contribution in [-0.4, -0.2) is 79.8 Å². The van der Waals surface area contributed by atoms with Gasteiger partial charge in [0.2, 0.25) is 0 Å². The number of rotatable bonds is 7. The van der Waals surface area contributed by atoms with Crippen molar-refractivity contribution < 1.29 is 28.2 Å². The van der Waals surface area contributed by atoms with E-state index in [1.165, 1.54) is 37.2 Å². The number of nitrogens with zero attached hydrogens (tertiary/aromatic N) is 3. The Kier molecular flexibility index (Phi) is 8.60. The van der Waals surface area contributed by atoms with E-state index in [0.717, 1.165) is 17.8 Å². The monoisotopic (exact) mass is 520 g/mol. The average molecular weight is 521 g/mol. The number of hydrogen-bond donors (Lipinski definition) is 1. The van der Waals surface area contributed by atoms with Crippen molar-refractivity contribution in [3.63, 3.8) is 0 Å². The molecule has 3 fully saturated rings. The number of benzene rings is 1. The van der Waals surface area contributed by atoms with Crippen LogP contribution in [0.1, 0.15) is 39.0 Å². The maximum Gasteiger partial charge on any atom is 0.414 e. The van der Waals surface area contributed by atoms with Crippen LogP contribution in [0.25, 0.3) is 0 Å². The smallest absolute Gasteiger partial charge is 0.414 e. The largest absolute Gasteiger partial charge is 0.456 e. The third-order valence-corrected chi connectivity index (χ3v) is 7.45. The zero-order chi connectivity index (χ0) is 25.7. The normalized spacial score (nSPS) is 20.8. The Morgan fingerprint density at radius 2 is 1.89 bits per heavy atom. The number of esters is 1. The maximum absolute atomic E-state index is 15.0. The Bertz CT molecular complexity index is 995. The highest BCUT2D eigenvalue weighted by molar-refractivity contribution is 7.80. The van der Waals surface area contributed by atoms with E-state index < -0.39 is 17.9 Å². The van der Waals surface area contributed by atoms with Crippen molar-refractivity contribution in [2.75, 3.05) is 55.7 Å². The van der Waals surface area contributed by atoms with Gasteiger partial charge in [0.15, 0.2) is 6.61 Å². The highest BCUT2D eigenvalue weighted by Gasteiger charge is 2.33. The molecule has 2 amide bonds. The van der Waals surface area contributed by atoms with Gasteiger partial charge < -0.3 is 24.6 Å². The molecule has 1 atom stereocenters. The zero-order valence-corrected chi connectivity index (χ0v) is 21.4. The minimum absolute atomic E-state index is 0.267. The Balaban J connectivity index is 1.28. The number of carbonyl (C=O) groups is 3. The molecule has 1 aromatic carbocycles. The molecule has 11 heteroatoms. The van der Waals surface area contributed by atoms with E-state index in [2.05, 4.69) is 5.32 Å². The zero-order valence-electron chi connectivity index (χ0n) is 20.5. The second-order valence-corrected chi connectivity index (χ2v) is 9.92. The third-order valence-electron chi connectivity index (χ3n) is 6.97. The van der Waals surface area contributed by atoms with Gasteiger partial charge in [0.05, 0.1) is 29.5 Å². The van der Waals surface area contributed by atoms with Crippen molar-refractivity contribution in [2.45, 2.75) is 45.1 Å². The number of hydrogen-bond acceptors (Lipinski definition) is 7. The quantitative estimate of drug-likeness (QED) is 0.434. The van der Waals surface area contributed by atoms with E-state index in [1.54, 1.807) is 17.0 Å². The molecule has 0 spiro atoms. The van der Waals surface area contributed by atoms with Gasteiger partial charge in [-0.05, 0) is 31.0 Å². The van der Waals surface area contributed by atoms with Crippen LogP contribution in [0.15, 0.2) is 18.2 Å². The summed E-state index contributed by atoms with van der Waals surface area (Å²) in [6.07, 6.45) is 5.00. The van der Waals surface area contributed by atoms with Crippen molar-refractivity contribution in [1.29, 1.82) is 0 Å². The summed E-state index contributed by atoms with van der Waals surface area (Å²) in [5.41, 5.74) is 0.850. The van der Waals surface area contributed by atoms with E-state index in [9.17, 15) is 14.4 Å². The molecule has 4 rings (SSSR count). The molecule has 1 unspecified atom stereocenters. The summed E-state index contributed by atoms with van der Waals surface area (Å²) < 4.78 is 25.3. The summed E-state index contributed by atoms with van der Waals surface area (Å²) in [4.78, 5) is 41.2. The number of ether oxygens (including phenoxy) is 2. The van der Waals surface area contributed by atoms with Crippen LogP contribution in [0.4, 0.5) is 20.6 Å². The molecule has 0 aromatic heterocycles. The molecule has 2 aliphatic heterocycles. The van der Waals surface area contributed by atoms with E-state index in [0.29, 0.717) is 56.6 Å². The Hall–Kier alpha value is -2.95. The van der Waals surface area contributed by atoms with Gasteiger partial charge in [0, 0.05) is 39.0 Å². The molecule has 9 nitrogen and oxygen atoms in total. The van der Waals surface area contributed by atoms with Crippen molar-refractivity contribution in [2.24, 2.45) is 5.92 Å². The van der Waals surface area contributed by atoms with Crippen molar-refractivity contribution in [3.8, 4) is 0 Å². The summed E-state index contributed by atoms with van der Waals surface area (Å²) in [5, 5.41) is 3.27. The number of thiocarbonyl (C=S) groups is 1. The molecule has 1 N–H and O–H groups in total. The van der Waals surface area contributed by atoms with Gasteiger partial charge in [-0.1, -0.05) is 31.5 Å². The molecule has 196 valence electrons. The average Bonchev–Trinajstić information content (AvgIpc) is 3.26. The fraction of sp³-hybridized carbons (Fsp3) is 0.600. The highest BCUT2D eigenvalue weighted by atomic mass is 32.1. The van der Waals surface area contributed by atoms with Crippen LogP contribution in [0, 0.1) is 11.7 Å². The van der Waals surface area contributed by atoms with Gasteiger partial charge in [0.25, 0.3) is 5.91 Å². The fourth-order valence-electron chi connectivity index (χ4n) is 4.93. The van der Waals surface area contributed by atoms with E-state index in [1.807, 2.05) is 4.90 Å². The fourth-order valence-corrected chi connectivity index (χ4v) is 5.25. The second kappa shape index (κ2) is 11.9. The minimum Gasteiger partial charge on any atom is -0.456 e. The lowest BCUT2D eigenvalue weighted by Crippen LogP contribution is -2.50. The topological polar surface area (TPSA) is 91.4 Å². The standard InChI is InChI=1S/C25H33FN4O5S/c1-17(31)34-16-23(32)29-11-9-28(10-12-29)22-8-7-19(13-21(22)26)30-15-20(35-25(30)33)14-27-24(36)18-5-3-2-4-6-18/h7-8,13,18,20H,2-6,9-12,14-16H2,1H3,(H,27,36). The van der Waals surface area contributed by atoms with Crippen molar-refractivity contribution in [3.05, 3.63) is 24.0 Å². The van der Waals surface area contributed by atoms with Gasteiger partial charge in [-0.3, -0.25) is 14.5 Å². The summed E-state index contributed by atoms with van der Waals surface area (Å²) in [5.74, 6) is -0.814. The van der Waals surface area contributed by atoms with Crippen LogP contribution in [0.5, 0.6) is 0 Å². The van der Waals surface area contributed by atoms with Crippen molar-refractivity contribution >= 4 is 46.6 Å². The first-order chi connectivity index (χ1) is 17.3. The number of halogens is 1. The van der Waals surface area contributed by atoms with Crippen LogP contribution < -0.4 is 15.1 Å². The number of nitrogens with one attached hydrogen (secondary N) is 1. The molecule has 1 aromatic rings. The van der Waals surface area contributed by atoms with Gasteiger partial charge in [-0.2, -0.15) is 0 Å². The van der Waals surface area contributed by atoms with Crippen LogP contribution in [0.3, 0.4) is 0 Å². The summed E-state index contributed by atoms with van der Waals surface area (Å²) in [6, 6.07) is 4.70. The number of cyclic esters (lactones) is 1. The Labute approximate surface area is 215 Å². The van der Waals surface area contributed by atoms with Gasteiger partial charge in [0.1, 0.15) is 11.9 Å². The summed E-state index contributed by atoms with van der Waals surface area (Å²) in [6.45, 7) is 3.43. The second-order valence-electron chi connectivity index (χ2n) is 9.48.